The number of carbonyl (C=O) groups is 3. The molecular weight excluding hydrogens is 1520 g/mol. The molecule has 6 aromatic carbocycles. The molecule has 0 aliphatic carbocycles. The summed E-state index contributed by atoms with van der Waals surface area (Å²) in [5.41, 5.74) is 23.9. The number of hydrogen-bond donors (Lipinski definition) is 3. The summed E-state index contributed by atoms with van der Waals surface area (Å²) in [4.78, 5) is 90.6. The molecular formula is C80H75ClF6N18O4S3. The SMILES string of the molecule is CC(C)(C)c1nc(-c2ccnc(N)n2)c(-c2ccc(F)c(N3CCN(c4ccc(C(F)(F)F)cc4)C3=O)c2)s1.CC(C)(C)c1nc(-c2ccnc(N)n2)c(-c2ccc(F)c(N3CCN(c4ccc(Cl)cc4)C3=O)c2)s1.COc1ccc(N2CCN(c3cc(-c4sc(C(C)(C)C)nc4-c4ccnc(N)n4)ccc3F)C2=O)cc1. The molecule has 15 rings (SSSR count). The third kappa shape index (κ3) is 16.7. The normalized spacial score (nSPS) is 14.1. The molecule has 22 nitrogen and oxygen atoms in total. The molecule has 12 aromatic rings. The zero-order valence-corrected chi connectivity index (χ0v) is 65.5. The molecule has 6 aromatic heterocycles. The van der Waals surface area contributed by atoms with Crippen molar-refractivity contribution in [3.05, 3.63) is 207 Å². The first-order valence-corrected chi connectivity index (χ1v) is 38.0. The van der Waals surface area contributed by atoms with Gasteiger partial charge in [-0.1, -0.05) is 92.1 Å². The number of thiazole rings is 3. The van der Waals surface area contributed by atoms with Gasteiger partial charge in [-0.25, -0.2) is 72.4 Å². The molecule has 0 radical (unpaired) electrons. The lowest BCUT2D eigenvalue weighted by Gasteiger charge is -2.20. The number of halogens is 7. The van der Waals surface area contributed by atoms with E-state index in [9.17, 15) is 27.6 Å². The van der Waals surface area contributed by atoms with Gasteiger partial charge in [0.25, 0.3) is 0 Å². The number of ether oxygens (including phenoxy) is 1. The van der Waals surface area contributed by atoms with Gasteiger partial charge in [0.1, 0.15) is 40.3 Å². The molecule has 32 heteroatoms. The van der Waals surface area contributed by atoms with Gasteiger partial charge < -0.3 is 21.9 Å². The number of carbonyl (C=O) groups excluding carboxylic acids is 3. The second-order valence-electron chi connectivity index (χ2n) is 29.2. The minimum Gasteiger partial charge on any atom is -0.497 e. The molecule has 3 aliphatic heterocycles. The molecule has 576 valence electrons. The number of benzene rings is 6. The van der Waals surface area contributed by atoms with E-state index in [0.717, 1.165) is 58.6 Å². The van der Waals surface area contributed by atoms with Crippen LogP contribution in [-0.4, -0.2) is 109 Å². The largest absolute Gasteiger partial charge is 0.497 e. The lowest BCUT2D eigenvalue weighted by Crippen LogP contribution is -2.32. The third-order valence-electron chi connectivity index (χ3n) is 18.1. The lowest BCUT2D eigenvalue weighted by atomic mass is 9.98. The highest BCUT2D eigenvalue weighted by atomic mass is 35.5. The standard InChI is InChI=1S/C27H24F4N6OS.C27H27FN6O2S.C26H24ClFN6OS/c1-26(2,3)23-35-21(19-10-11-33-24(32)34-19)22(39-23)15-4-9-18(28)20(14-15)37-13-12-36(25(37)38)17-7-5-16(6-8-17)27(29,30)31;1-27(2,3)24-32-22(20-11-12-30-25(29)31-20)23(37-24)16-5-10-19(28)21(15-16)34-14-13-33(26(34)35)17-6-8-18(36-4)9-7-17;1-26(2,3)23-32-21(19-10-11-30-24(29)31-19)22(36-23)15-4-9-18(28)20(14-15)34-13-12-33(25(34)35)17-7-5-16(27)6-8-17/h4-11,14H,12-13H2,1-3H3,(H2,32,33,34);5-12,15H,13-14H2,1-4H3,(H2,29,30,31);4-11,14H,12-13H2,1-3H3,(H2,29,30,31). The van der Waals surface area contributed by atoms with E-state index in [4.69, 9.17) is 48.5 Å². The van der Waals surface area contributed by atoms with Crippen molar-refractivity contribution in [2.75, 3.05) is 93.0 Å². The van der Waals surface area contributed by atoms with E-state index < -0.39 is 35.2 Å². The van der Waals surface area contributed by atoms with Gasteiger partial charge in [0.2, 0.25) is 17.8 Å². The molecule has 3 aliphatic rings. The highest BCUT2D eigenvalue weighted by Crippen LogP contribution is 2.47. The molecule has 3 saturated heterocycles. The topological polar surface area (TPSA) is 274 Å². The molecule has 0 spiro atoms. The number of rotatable bonds is 13. The van der Waals surface area contributed by atoms with Crippen molar-refractivity contribution in [1.82, 2.24) is 44.9 Å². The fraction of sp³-hybridized carbons (Fsp3) is 0.250. The summed E-state index contributed by atoms with van der Waals surface area (Å²) in [6, 6.07) is 36.7. The fourth-order valence-electron chi connectivity index (χ4n) is 12.3. The Kier molecular flexibility index (Phi) is 21.9. The number of nitrogen functional groups attached to an aromatic ring is 3. The molecule has 0 atom stereocenters. The molecule has 0 unspecified atom stereocenters. The number of urea groups is 3. The number of alkyl halides is 3. The number of aromatic nitrogens is 9. The van der Waals surface area contributed by atoms with Gasteiger partial charge in [0.05, 0.1) is 76.5 Å². The minimum atomic E-state index is -4.48. The van der Waals surface area contributed by atoms with Crippen LogP contribution in [0.25, 0.3) is 65.5 Å². The van der Waals surface area contributed by atoms with E-state index in [1.807, 2.05) is 32.9 Å². The summed E-state index contributed by atoms with van der Waals surface area (Å²) in [5, 5.41) is 3.23. The smallest absolute Gasteiger partial charge is 0.416 e. The zero-order chi connectivity index (χ0) is 80.0. The second-order valence-corrected chi connectivity index (χ2v) is 32.6. The maximum absolute atomic E-state index is 15.1. The summed E-state index contributed by atoms with van der Waals surface area (Å²) in [5.74, 6) is -0.459. The predicted molar refractivity (Wildman–Crippen MR) is 431 cm³/mol. The van der Waals surface area contributed by atoms with Crippen LogP contribution in [0.1, 0.15) is 82.9 Å². The number of methoxy groups -OCH3 is 1. The van der Waals surface area contributed by atoms with E-state index in [2.05, 4.69) is 71.4 Å². The van der Waals surface area contributed by atoms with Crippen molar-refractivity contribution < 1.29 is 45.5 Å². The maximum atomic E-state index is 15.1. The van der Waals surface area contributed by atoms with Crippen LogP contribution in [0, 0.1) is 17.5 Å². The Hall–Kier alpha value is -11.7. The highest BCUT2D eigenvalue weighted by molar-refractivity contribution is 7.16. The van der Waals surface area contributed by atoms with Gasteiger partial charge in [-0.3, -0.25) is 29.4 Å². The van der Waals surface area contributed by atoms with Crippen LogP contribution in [0.15, 0.2) is 164 Å². The van der Waals surface area contributed by atoms with Gasteiger partial charge in [0.15, 0.2) is 0 Å². The Labute approximate surface area is 658 Å². The first-order valence-electron chi connectivity index (χ1n) is 35.1. The van der Waals surface area contributed by atoms with E-state index in [1.54, 1.807) is 120 Å². The summed E-state index contributed by atoms with van der Waals surface area (Å²) < 4.78 is 89.4. The van der Waals surface area contributed by atoms with Gasteiger partial charge in [-0.2, -0.15) is 13.2 Å². The number of nitrogens with two attached hydrogens (primary N) is 3. The van der Waals surface area contributed by atoms with Crippen molar-refractivity contribution in [1.29, 1.82) is 0 Å². The number of anilines is 9. The Balaban J connectivity index is 0.000000147. The van der Waals surface area contributed by atoms with E-state index in [-0.39, 0.29) is 76.3 Å². The Bertz CT molecular complexity index is 5540. The quantitative estimate of drug-likeness (QED) is 0.0905. The van der Waals surface area contributed by atoms with Crippen LogP contribution < -0.4 is 51.3 Å². The second kappa shape index (κ2) is 31.2. The summed E-state index contributed by atoms with van der Waals surface area (Å²) >= 11 is 10.5. The summed E-state index contributed by atoms with van der Waals surface area (Å²) in [7, 11) is 1.59. The van der Waals surface area contributed by atoms with Gasteiger partial charge in [0, 0.05) is 96.2 Å². The Morgan fingerprint density at radius 2 is 0.679 bits per heavy atom. The van der Waals surface area contributed by atoms with Crippen molar-refractivity contribution in [2.24, 2.45) is 0 Å². The molecule has 112 heavy (non-hydrogen) atoms. The van der Waals surface area contributed by atoms with Gasteiger partial charge >= 0.3 is 24.3 Å². The van der Waals surface area contributed by atoms with E-state index in [1.165, 1.54) is 90.1 Å². The number of nitrogens with zero attached hydrogens (tertiary/aromatic N) is 15. The first-order chi connectivity index (χ1) is 53.1. The Morgan fingerprint density at radius 3 is 0.955 bits per heavy atom. The molecule has 0 bridgehead atoms. The Morgan fingerprint density at radius 1 is 0.393 bits per heavy atom. The van der Waals surface area contributed by atoms with Crippen molar-refractivity contribution in [3.8, 4) is 71.2 Å². The highest BCUT2D eigenvalue weighted by Gasteiger charge is 2.38. The predicted octanol–water partition coefficient (Wildman–Crippen LogP) is 18.9. The molecule has 6 N–H and O–H groups in total. The van der Waals surface area contributed by atoms with Crippen LogP contribution in [0.2, 0.25) is 5.02 Å². The van der Waals surface area contributed by atoms with Crippen molar-refractivity contribution >= 4 is 116 Å². The number of amides is 6. The van der Waals surface area contributed by atoms with Crippen LogP contribution >= 0.6 is 45.6 Å². The van der Waals surface area contributed by atoms with Crippen LogP contribution in [0.4, 0.5) is 92.7 Å². The lowest BCUT2D eigenvalue weighted by molar-refractivity contribution is -0.137. The third-order valence-corrected chi connectivity index (χ3v) is 23.0. The van der Waals surface area contributed by atoms with Gasteiger partial charge in [-0.05, 0) is 144 Å². The van der Waals surface area contributed by atoms with Crippen LogP contribution in [0.3, 0.4) is 0 Å². The monoisotopic (exact) mass is 1600 g/mol. The van der Waals surface area contributed by atoms with Crippen molar-refractivity contribution in [3.63, 3.8) is 0 Å². The van der Waals surface area contributed by atoms with Crippen LogP contribution in [0.5, 0.6) is 5.75 Å². The first kappa shape index (κ1) is 78.5. The van der Waals surface area contributed by atoms with Gasteiger partial charge in [-0.15, -0.1) is 34.0 Å². The number of hydrogen-bond acceptors (Lipinski definition) is 19. The van der Waals surface area contributed by atoms with Crippen molar-refractivity contribution in [2.45, 2.75) is 84.7 Å². The molecule has 9 heterocycles. The summed E-state index contributed by atoms with van der Waals surface area (Å²) in [6.45, 7) is 20.5. The van der Waals surface area contributed by atoms with E-state index in [0.29, 0.717) is 88.1 Å². The average Bonchev–Trinajstić information content (AvgIpc) is 1.62. The molecule has 3 fully saturated rings. The van der Waals surface area contributed by atoms with Crippen LogP contribution in [-0.2, 0) is 22.4 Å². The average molecular weight is 1600 g/mol. The zero-order valence-electron chi connectivity index (χ0n) is 62.3. The summed E-state index contributed by atoms with van der Waals surface area (Å²) in [6.07, 6.45) is 0.224. The maximum Gasteiger partial charge on any atom is 0.416 e. The van der Waals surface area contributed by atoms with E-state index >= 15 is 13.2 Å². The molecule has 6 amide bonds. The fourth-order valence-corrected chi connectivity index (χ4v) is 15.9. The molecule has 0 saturated carbocycles. The minimum absolute atomic E-state index is 0.0609.